The topological polar surface area (TPSA) is 72.9 Å². The Kier molecular flexibility index (Phi) is 6.85. The summed E-state index contributed by atoms with van der Waals surface area (Å²) >= 11 is 0. The highest BCUT2D eigenvalue weighted by atomic mass is 32.2. The largest absolute Gasteiger partial charge is 0.480 e. The number of ether oxygens (including phenoxy) is 2. The van der Waals surface area contributed by atoms with E-state index in [0.717, 1.165) is 36.9 Å². The van der Waals surface area contributed by atoms with Gasteiger partial charge in [0.15, 0.2) is 15.9 Å². The Labute approximate surface area is 200 Å². The molecule has 0 bridgehead atoms. The monoisotopic (exact) mass is 515 g/mol. The summed E-state index contributed by atoms with van der Waals surface area (Å²) in [6.45, 7) is 2.03. The van der Waals surface area contributed by atoms with Crippen LogP contribution >= 0.6 is 0 Å². The first-order chi connectivity index (χ1) is 16.3. The molecule has 1 amide bonds. The number of carbonyl (C=O) groups is 1. The normalized spacial score (nSPS) is 17.8. The van der Waals surface area contributed by atoms with Crippen molar-refractivity contribution in [1.82, 2.24) is 4.90 Å². The second-order valence-electron chi connectivity index (χ2n) is 8.92. The van der Waals surface area contributed by atoms with E-state index in [1.54, 1.807) is 6.07 Å². The van der Waals surface area contributed by atoms with Gasteiger partial charge in [0.05, 0.1) is 10.5 Å². The quantitative estimate of drug-likeness (QED) is 0.544. The number of alkyl halides is 3. The molecule has 0 N–H and O–H groups in total. The molecule has 2 aromatic rings. The number of hydrogen-bond donors (Lipinski definition) is 0. The van der Waals surface area contributed by atoms with Crippen LogP contribution in [0.3, 0.4) is 0 Å². The zero-order valence-electron chi connectivity index (χ0n) is 19.2. The highest BCUT2D eigenvalue weighted by Crippen LogP contribution is 2.36. The van der Waals surface area contributed by atoms with Crippen molar-refractivity contribution in [3.63, 3.8) is 0 Å². The minimum atomic E-state index is -4.68. The van der Waals surface area contributed by atoms with Crippen LogP contribution in [0.4, 0.5) is 17.6 Å². The van der Waals surface area contributed by atoms with Gasteiger partial charge in [-0.2, -0.15) is 13.2 Å². The van der Waals surface area contributed by atoms with Gasteiger partial charge < -0.3 is 14.4 Å². The molecule has 6 nitrogen and oxygen atoms in total. The van der Waals surface area contributed by atoms with Crippen molar-refractivity contribution in [2.75, 3.05) is 19.5 Å². The maximum atomic E-state index is 14.8. The molecule has 0 spiro atoms. The summed E-state index contributed by atoms with van der Waals surface area (Å²) in [4.78, 5) is 14.5. The standard InChI is InChI=1S/C24H25F4NO5S/c1-14(24(26,27)28)34-22-4-3-18(35(2,31)32)11-20(22)23(30)29-12-16-9-19(15-5-7-33-8-6-15)21(25)10-17(16)13-29/h3-4,9-11,14-15H,5-8,12-13H2,1-2H3/t14-/m0/s1. The molecule has 2 aliphatic heterocycles. The lowest BCUT2D eigenvalue weighted by Crippen LogP contribution is -2.32. The molecule has 0 saturated carbocycles. The minimum Gasteiger partial charge on any atom is -0.480 e. The SMILES string of the molecule is C[C@H](Oc1ccc(S(C)(=O)=O)cc1C(=O)N1Cc2cc(F)c(C3CCOCC3)cc2C1)C(F)(F)F. The van der Waals surface area contributed by atoms with Gasteiger partial charge in [-0.1, -0.05) is 6.07 Å². The average Bonchev–Trinajstić information content (AvgIpc) is 3.20. The summed E-state index contributed by atoms with van der Waals surface area (Å²) in [5.41, 5.74) is 1.59. The third-order valence-corrected chi connectivity index (χ3v) is 7.47. The Hall–Kier alpha value is -2.66. The maximum Gasteiger partial charge on any atom is 0.425 e. The van der Waals surface area contributed by atoms with Gasteiger partial charge in [-0.3, -0.25) is 4.79 Å². The molecule has 4 rings (SSSR count). The lowest BCUT2D eigenvalue weighted by molar-refractivity contribution is -0.189. The van der Waals surface area contributed by atoms with Gasteiger partial charge in [-0.05, 0) is 66.6 Å². The molecule has 190 valence electrons. The Morgan fingerprint density at radius 3 is 2.34 bits per heavy atom. The Balaban J connectivity index is 1.64. The second-order valence-corrected chi connectivity index (χ2v) is 10.9. The van der Waals surface area contributed by atoms with E-state index in [-0.39, 0.29) is 41.0 Å². The zero-order chi connectivity index (χ0) is 25.5. The minimum absolute atomic E-state index is 0.00843. The molecule has 1 saturated heterocycles. The first-order valence-corrected chi connectivity index (χ1v) is 13.0. The van der Waals surface area contributed by atoms with Crippen LogP contribution in [0.1, 0.15) is 52.7 Å². The van der Waals surface area contributed by atoms with Crippen molar-refractivity contribution in [2.24, 2.45) is 0 Å². The number of amides is 1. The Morgan fingerprint density at radius 2 is 1.74 bits per heavy atom. The molecule has 0 radical (unpaired) electrons. The van der Waals surface area contributed by atoms with E-state index in [1.165, 1.54) is 11.0 Å². The molecule has 2 aromatic carbocycles. The van der Waals surface area contributed by atoms with Crippen molar-refractivity contribution < 1.29 is 40.2 Å². The summed E-state index contributed by atoms with van der Waals surface area (Å²) in [6.07, 6.45) is -4.59. The average molecular weight is 516 g/mol. The number of sulfone groups is 1. The number of fused-ring (bicyclic) bond motifs is 1. The number of halogens is 4. The zero-order valence-corrected chi connectivity index (χ0v) is 20.0. The summed E-state index contributed by atoms with van der Waals surface area (Å²) in [6, 6.07) is 6.30. The smallest absolute Gasteiger partial charge is 0.425 e. The molecular formula is C24H25F4NO5S. The lowest BCUT2D eigenvalue weighted by atomic mass is 9.89. The summed E-state index contributed by atoms with van der Waals surface area (Å²) in [7, 11) is -3.74. The third-order valence-electron chi connectivity index (χ3n) is 6.36. The van der Waals surface area contributed by atoms with Gasteiger partial charge in [0.2, 0.25) is 0 Å². The summed E-state index contributed by atoms with van der Waals surface area (Å²) in [5, 5.41) is 0. The van der Waals surface area contributed by atoms with Crippen molar-refractivity contribution in [3.05, 3.63) is 58.4 Å². The van der Waals surface area contributed by atoms with Crippen molar-refractivity contribution >= 4 is 15.7 Å². The molecule has 35 heavy (non-hydrogen) atoms. The molecule has 1 fully saturated rings. The predicted octanol–water partition coefficient (Wildman–Crippen LogP) is 4.61. The molecule has 11 heteroatoms. The fourth-order valence-electron chi connectivity index (χ4n) is 4.34. The van der Waals surface area contributed by atoms with Crippen LogP contribution in [0.25, 0.3) is 0 Å². The molecule has 2 heterocycles. The Morgan fingerprint density at radius 1 is 1.11 bits per heavy atom. The van der Waals surface area contributed by atoms with E-state index in [4.69, 9.17) is 9.47 Å². The van der Waals surface area contributed by atoms with Gasteiger partial charge in [0.25, 0.3) is 5.91 Å². The van der Waals surface area contributed by atoms with Crippen molar-refractivity contribution in [3.8, 4) is 5.75 Å². The summed E-state index contributed by atoms with van der Waals surface area (Å²) in [5.74, 6) is -1.44. The first-order valence-electron chi connectivity index (χ1n) is 11.1. The van der Waals surface area contributed by atoms with E-state index < -0.39 is 28.0 Å². The fraction of sp³-hybridized carbons (Fsp3) is 0.458. The highest BCUT2D eigenvalue weighted by molar-refractivity contribution is 7.90. The van der Waals surface area contributed by atoms with Crippen LogP contribution in [0.15, 0.2) is 35.2 Å². The van der Waals surface area contributed by atoms with Crippen molar-refractivity contribution in [1.29, 1.82) is 0 Å². The predicted molar refractivity (Wildman–Crippen MR) is 118 cm³/mol. The van der Waals surface area contributed by atoms with Gasteiger partial charge in [0, 0.05) is 32.6 Å². The number of hydrogen-bond acceptors (Lipinski definition) is 5. The molecule has 0 aromatic heterocycles. The highest BCUT2D eigenvalue weighted by Gasteiger charge is 2.39. The first kappa shape index (κ1) is 25.4. The third kappa shape index (κ3) is 5.45. The van der Waals surface area contributed by atoms with Gasteiger partial charge in [-0.15, -0.1) is 0 Å². The maximum absolute atomic E-state index is 14.8. The number of benzene rings is 2. The molecule has 1 atom stereocenters. The van der Waals surface area contributed by atoms with Gasteiger partial charge in [-0.25, -0.2) is 12.8 Å². The Bertz CT molecular complexity index is 1240. The molecular weight excluding hydrogens is 490 g/mol. The number of nitrogens with zero attached hydrogens (tertiary/aromatic N) is 1. The summed E-state index contributed by atoms with van der Waals surface area (Å²) < 4.78 is 88.5. The molecule has 2 aliphatic rings. The van der Waals surface area contributed by atoms with Crippen LogP contribution in [0.2, 0.25) is 0 Å². The van der Waals surface area contributed by atoms with Crippen LogP contribution in [-0.4, -0.2) is 51.0 Å². The molecule has 0 unspecified atom stereocenters. The van der Waals surface area contributed by atoms with Crippen molar-refractivity contribution in [2.45, 2.75) is 55.9 Å². The van der Waals surface area contributed by atoms with Crippen LogP contribution in [0, 0.1) is 5.82 Å². The van der Waals surface area contributed by atoms with E-state index in [9.17, 15) is 30.8 Å². The number of carbonyl (C=O) groups excluding carboxylic acids is 1. The van der Waals surface area contributed by atoms with Crippen LogP contribution < -0.4 is 4.74 Å². The van der Waals surface area contributed by atoms with E-state index in [2.05, 4.69) is 0 Å². The second kappa shape index (κ2) is 9.42. The molecule has 0 aliphatic carbocycles. The van der Waals surface area contributed by atoms with Gasteiger partial charge >= 0.3 is 6.18 Å². The van der Waals surface area contributed by atoms with Gasteiger partial charge in [0.1, 0.15) is 11.6 Å². The fourth-order valence-corrected chi connectivity index (χ4v) is 4.99. The van der Waals surface area contributed by atoms with E-state index in [0.29, 0.717) is 37.2 Å². The van der Waals surface area contributed by atoms with E-state index in [1.807, 2.05) is 0 Å². The van der Waals surface area contributed by atoms with Crippen LogP contribution in [-0.2, 0) is 27.7 Å². The number of rotatable bonds is 5. The van der Waals surface area contributed by atoms with Crippen LogP contribution in [0.5, 0.6) is 5.75 Å². The lowest BCUT2D eigenvalue weighted by Gasteiger charge is -2.23. The van der Waals surface area contributed by atoms with E-state index >= 15 is 0 Å².